The Kier molecular flexibility index (Phi) is 6.04. The Morgan fingerprint density at radius 1 is 1.16 bits per heavy atom. The number of carbonyl (C=O) groups is 2. The van der Waals surface area contributed by atoms with E-state index in [0.717, 1.165) is 5.56 Å². The molecule has 2 rings (SSSR count). The molecule has 132 valence electrons. The number of benzene rings is 2. The summed E-state index contributed by atoms with van der Waals surface area (Å²) in [6.45, 7) is 5.26. The van der Waals surface area contributed by atoms with Crippen LogP contribution in [0.3, 0.4) is 0 Å². The van der Waals surface area contributed by atoms with Gasteiger partial charge >= 0.3 is 5.97 Å². The first-order chi connectivity index (χ1) is 11.8. The number of hydrogen-bond donors (Lipinski definition) is 1. The highest BCUT2D eigenvalue weighted by molar-refractivity contribution is 6.31. The lowest BCUT2D eigenvalue weighted by Crippen LogP contribution is -2.30. The van der Waals surface area contributed by atoms with E-state index in [0.29, 0.717) is 27.6 Å². The molecule has 0 fully saturated rings. The van der Waals surface area contributed by atoms with Gasteiger partial charge in [0.15, 0.2) is 6.10 Å². The van der Waals surface area contributed by atoms with Gasteiger partial charge in [-0.2, -0.15) is 0 Å². The van der Waals surface area contributed by atoms with E-state index < -0.39 is 12.1 Å². The van der Waals surface area contributed by atoms with Gasteiger partial charge in [0.2, 0.25) is 0 Å². The Morgan fingerprint density at radius 2 is 1.88 bits per heavy atom. The lowest BCUT2D eigenvalue weighted by atomic mass is 10.1. The summed E-state index contributed by atoms with van der Waals surface area (Å²) in [7, 11) is 1.32. The topological polar surface area (TPSA) is 64.6 Å². The molecule has 0 saturated heterocycles. The summed E-state index contributed by atoms with van der Waals surface area (Å²) in [5.41, 5.74) is 2.45. The normalized spacial score (nSPS) is 11.6. The molecule has 1 atom stereocenters. The van der Waals surface area contributed by atoms with Crippen LogP contribution in [0, 0.1) is 13.8 Å². The molecular weight excluding hydrogens is 342 g/mol. The minimum Gasteiger partial charge on any atom is -0.481 e. The van der Waals surface area contributed by atoms with Gasteiger partial charge in [0.1, 0.15) is 5.75 Å². The first-order valence-electron chi connectivity index (χ1n) is 7.75. The van der Waals surface area contributed by atoms with Crippen LogP contribution in [0.1, 0.15) is 28.4 Å². The summed E-state index contributed by atoms with van der Waals surface area (Å²) >= 11 is 5.98. The summed E-state index contributed by atoms with van der Waals surface area (Å²) in [6.07, 6.45) is -0.721. The molecule has 0 unspecified atom stereocenters. The Hall–Kier alpha value is -2.53. The van der Waals surface area contributed by atoms with E-state index >= 15 is 0 Å². The number of rotatable bonds is 5. The fourth-order valence-electron chi connectivity index (χ4n) is 2.28. The molecule has 1 N–H and O–H groups in total. The molecule has 25 heavy (non-hydrogen) atoms. The van der Waals surface area contributed by atoms with Gasteiger partial charge in [0.05, 0.1) is 12.7 Å². The van der Waals surface area contributed by atoms with E-state index in [1.54, 1.807) is 50.2 Å². The molecule has 0 bridgehead atoms. The number of nitrogens with one attached hydrogen (secondary N) is 1. The zero-order valence-corrected chi connectivity index (χ0v) is 15.3. The van der Waals surface area contributed by atoms with E-state index in [1.165, 1.54) is 7.11 Å². The Labute approximate surface area is 151 Å². The molecule has 0 aliphatic heterocycles. The second kappa shape index (κ2) is 8.03. The van der Waals surface area contributed by atoms with Crippen molar-refractivity contribution in [2.45, 2.75) is 26.9 Å². The molecule has 1 amide bonds. The fourth-order valence-corrected chi connectivity index (χ4v) is 2.40. The van der Waals surface area contributed by atoms with Gasteiger partial charge in [0, 0.05) is 10.7 Å². The van der Waals surface area contributed by atoms with Crippen LogP contribution in [0.5, 0.6) is 5.75 Å². The second-order valence-electron chi connectivity index (χ2n) is 5.63. The number of anilines is 1. The third-order valence-electron chi connectivity index (χ3n) is 3.81. The van der Waals surface area contributed by atoms with Crippen molar-refractivity contribution in [1.29, 1.82) is 0 Å². The average Bonchev–Trinajstić information content (AvgIpc) is 2.59. The Bertz CT molecular complexity index is 804. The SMILES string of the molecule is COC(=O)c1cccc(NC(=O)[C@@H](C)Oc2ccc(Cl)c(C)c2)c1C. The van der Waals surface area contributed by atoms with Gasteiger partial charge < -0.3 is 14.8 Å². The van der Waals surface area contributed by atoms with Crippen molar-refractivity contribution in [3.63, 3.8) is 0 Å². The number of aryl methyl sites for hydroxylation is 1. The largest absolute Gasteiger partial charge is 0.481 e. The molecule has 0 radical (unpaired) electrons. The van der Waals surface area contributed by atoms with Crippen molar-refractivity contribution in [3.8, 4) is 5.75 Å². The number of carbonyl (C=O) groups excluding carboxylic acids is 2. The monoisotopic (exact) mass is 361 g/mol. The zero-order chi connectivity index (χ0) is 18.6. The van der Waals surface area contributed by atoms with Crippen LogP contribution in [0.15, 0.2) is 36.4 Å². The van der Waals surface area contributed by atoms with Crippen LogP contribution in [-0.2, 0) is 9.53 Å². The molecule has 2 aromatic rings. The number of methoxy groups -OCH3 is 1. The summed E-state index contributed by atoms with van der Waals surface area (Å²) in [4.78, 5) is 24.1. The number of esters is 1. The molecule has 0 saturated carbocycles. The Morgan fingerprint density at radius 3 is 2.52 bits per heavy atom. The summed E-state index contributed by atoms with van der Waals surface area (Å²) < 4.78 is 10.4. The molecule has 0 heterocycles. The highest BCUT2D eigenvalue weighted by atomic mass is 35.5. The maximum Gasteiger partial charge on any atom is 0.338 e. The van der Waals surface area contributed by atoms with Gasteiger partial charge in [-0.15, -0.1) is 0 Å². The smallest absolute Gasteiger partial charge is 0.338 e. The van der Waals surface area contributed by atoms with Crippen molar-refractivity contribution < 1.29 is 19.1 Å². The van der Waals surface area contributed by atoms with Crippen molar-refractivity contribution in [2.75, 3.05) is 12.4 Å². The minimum atomic E-state index is -0.721. The van der Waals surface area contributed by atoms with Crippen molar-refractivity contribution >= 4 is 29.2 Å². The molecule has 0 aliphatic rings. The van der Waals surface area contributed by atoms with Crippen LogP contribution in [0.25, 0.3) is 0 Å². The number of amides is 1. The quantitative estimate of drug-likeness (QED) is 0.812. The van der Waals surface area contributed by atoms with E-state index in [2.05, 4.69) is 5.32 Å². The summed E-state index contributed by atoms with van der Waals surface area (Å²) in [5, 5.41) is 3.42. The van der Waals surface area contributed by atoms with Gasteiger partial charge in [0.25, 0.3) is 5.91 Å². The van der Waals surface area contributed by atoms with Crippen molar-refractivity contribution in [1.82, 2.24) is 0 Å². The molecular formula is C19H20ClNO4. The summed E-state index contributed by atoms with van der Waals surface area (Å²) in [5.74, 6) is -0.211. The zero-order valence-electron chi connectivity index (χ0n) is 14.6. The van der Waals surface area contributed by atoms with Crippen LogP contribution < -0.4 is 10.1 Å². The Balaban J connectivity index is 2.11. The van der Waals surface area contributed by atoms with E-state index in [9.17, 15) is 9.59 Å². The summed E-state index contributed by atoms with van der Waals surface area (Å²) in [6, 6.07) is 10.3. The van der Waals surface area contributed by atoms with Gasteiger partial charge in [-0.1, -0.05) is 17.7 Å². The maximum atomic E-state index is 12.4. The van der Waals surface area contributed by atoms with E-state index in [-0.39, 0.29) is 5.91 Å². The van der Waals surface area contributed by atoms with Gasteiger partial charge in [-0.25, -0.2) is 4.79 Å². The van der Waals surface area contributed by atoms with Crippen LogP contribution in [0.2, 0.25) is 5.02 Å². The predicted octanol–water partition coefficient (Wildman–Crippen LogP) is 4.15. The maximum absolute atomic E-state index is 12.4. The van der Waals surface area contributed by atoms with Crippen molar-refractivity contribution in [2.24, 2.45) is 0 Å². The number of halogens is 1. The fraction of sp³-hybridized carbons (Fsp3) is 0.263. The molecule has 0 aromatic heterocycles. The van der Waals surface area contributed by atoms with Gasteiger partial charge in [-0.05, 0) is 62.2 Å². The number of ether oxygens (including phenoxy) is 2. The van der Waals surface area contributed by atoms with Crippen LogP contribution >= 0.6 is 11.6 Å². The average molecular weight is 362 g/mol. The lowest BCUT2D eigenvalue weighted by Gasteiger charge is -2.17. The predicted molar refractivity (Wildman–Crippen MR) is 97.4 cm³/mol. The highest BCUT2D eigenvalue weighted by Crippen LogP contribution is 2.23. The third-order valence-corrected chi connectivity index (χ3v) is 4.23. The molecule has 5 nitrogen and oxygen atoms in total. The third kappa shape index (κ3) is 4.51. The second-order valence-corrected chi connectivity index (χ2v) is 6.04. The van der Waals surface area contributed by atoms with E-state index in [4.69, 9.17) is 21.1 Å². The molecule has 6 heteroatoms. The molecule has 0 aliphatic carbocycles. The highest BCUT2D eigenvalue weighted by Gasteiger charge is 2.18. The van der Waals surface area contributed by atoms with E-state index in [1.807, 2.05) is 6.92 Å². The van der Waals surface area contributed by atoms with Crippen molar-refractivity contribution in [3.05, 3.63) is 58.1 Å². The van der Waals surface area contributed by atoms with Crippen LogP contribution in [0.4, 0.5) is 5.69 Å². The lowest BCUT2D eigenvalue weighted by molar-refractivity contribution is -0.122. The minimum absolute atomic E-state index is 0.322. The number of hydrogen-bond acceptors (Lipinski definition) is 4. The van der Waals surface area contributed by atoms with Crippen LogP contribution in [-0.4, -0.2) is 25.1 Å². The van der Waals surface area contributed by atoms with Gasteiger partial charge in [-0.3, -0.25) is 4.79 Å². The first-order valence-corrected chi connectivity index (χ1v) is 8.13. The molecule has 0 spiro atoms. The molecule has 2 aromatic carbocycles. The standard InChI is InChI=1S/C19H20ClNO4/c1-11-10-14(8-9-16(11)20)25-13(3)18(22)21-17-7-5-6-15(12(17)2)19(23)24-4/h5-10,13H,1-4H3,(H,21,22)/t13-/m1/s1. The first kappa shape index (κ1) is 18.8.